The van der Waals surface area contributed by atoms with Crippen LogP contribution in [0.4, 0.5) is 5.82 Å². The first-order valence-corrected chi connectivity index (χ1v) is 10.4. The summed E-state index contributed by atoms with van der Waals surface area (Å²) in [6.45, 7) is 4.34. The molecule has 1 amide bonds. The van der Waals surface area contributed by atoms with Gasteiger partial charge in [0.05, 0.1) is 18.6 Å². The molecule has 2 aliphatic heterocycles. The Morgan fingerprint density at radius 1 is 1.20 bits per heavy atom. The first-order chi connectivity index (χ1) is 14.5. The number of aromatic nitrogens is 4. The van der Waals surface area contributed by atoms with Crippen LogP contribution in [-0.2, 0) is 17.8 Å². The van der Waals surface area contributed by atoms with Crippen LogP contribution in [0.1, 0.15) is 28.9 Å². The van der Waals surface area contributed by atoms with Crippen LogP contribution in [0.25, 0.3) is 10.9 Å². The predicted molar refractivity (Wildman–Crippen MR) is 115 cm³/mol. The van der Waals surface area contributed by atoms with Crippen LogP contribution in [0.15, 0.2) is 29.0 Å². The number of halogens is 1. The van der Waals surface area contributed by atoms with E-state index in [0.29, 0.717) is 28.6 Å². The lowest BCUT2D eigenvalue weighted by Gasteiger charge is -2.20. The van der Waals surface area contributed by atoms with E-state index in [-0.39, 0.29) is 24.9 Å². The van der Waals surface area contributed by atoms with Crippen molar-refractivity contribution in [1.82, 2.24) is 24.4 Å². The third kappa shape index (κ3) is 2.95. The Morgan fingerprint density at radius 3 is 2.80 bits per heavy atom. The first-order valence-electron chi connectivity index (χ1n) is 9.56. The lowest BCUT2D eigenvalue weighted by Crippen LogP contribution is -2.36. The molecule has 2 aliphatic rings. The van der Waals surface area contributed by atoms with Crippen LogP contribution in [0.3, 0.4) is 0 Å². The highest BCUT2D eigenvalue weighted by atomic mass is 79.9. The van der Waals surface area contributed by atoms with Gasteiger partial charge in [0.25, 0.3) is 5.91 Å². The highest BCUT2D eigenvalue weighted by Gasteiger charge is 2.54. The maximum Gasteiger partial charge on any atom is 0.277 e. The van der Waals surface area contributed by atoms with Crippen LogP contribution in [0.5, 0.6) is 0 Å². The van der Waals surface area contributed by atoms with E-state index in [0.717, 1.165) is 16.6 Å². The van der Waals surface area contributed by atoms with Gasteiger partial charge in [0.2, 0.25) is 0 Å². The van der Waals surface area contributed by atoms with Gasteiger partial charge in [0, 0.05) is 18.1 Å². The summed E-state index contributed by atoms with van der Waals surface area (Å²) in [6.07, 6.45) is -0.610. The number of carbonyl (C=O) groups is 1. The smallest absolute Gasteiger partial charge is 0.277 e. The van der Waals surface area contributed by atoms with Gasteiger partial charge in [-0.1, -0.05) is 24.1 Å². The molecule has 2 aromatic heterocycles. The van der Waals surface area contributed by atoms with Crippen LogP contribution in [0.2, 0.25) is 0 Å². The molecule has 152 valence electrons. The maximum absolute atomic E-state index is 13.6. The minimum Gasteiger partial charge on any atom is -0.328 e. The molecule has 1 fully saturated rings. The number of likely N-dealkylation sites (N-methyl/N-ethyl adjacent to an activating group) is 1. The Labute approximate surface area is 182 Å². The van der Waals surface area contributed by atoms with E-state index in [2.05, 4.69) is 42.7 Å². The van der Waals surface area contributed by atoms with E-state index >= 15 is 0 Å². The average Bonchev–Trinajstić information content (AvgIpc) is 3.46. The fraction of sp³-hybridized carbons (Fsp3) is 0.333. The lowest BCUT2D eigenvalue weighted by atomic mass is 10.2. The molecule has 9 heteroatoms. The second-order valence-corrected chi connectivity index (χ2v) is 7.98. The number of benzene rings is 1. The Morgan fingerprint density at radius 2 is 2.00 bits per heavy atom. The molecule has 0 radical (unpaired) electrons. The Balaban J connectivity index is 1.56. The van der Waals surface area contributed by atoms with E-state index in [9.17, 15) is 4.79 Å². The number of para-hydroxylation sites is 1. The minimum absolute atomic E-state index is 0.174. The zero-order valence-electron chi connectivity index (χ0n) is 16.8. The van der Waals surface area contributed by atoms with Gasteiger partial charge in [0.1, 0.15) is 5.82 Å². The lowest BCUT2D eigenvalue weighted by molar-refractivity contribution is 0.0636. The molecule has 0 aliphatic carbocycles. The highest BCUT2D eigenvalue weighted by Crippen LogP contribution is 2.40. The molecule has 1 saturated heterocycles. The number of epoxide rings is 1. The fourth-order valence-corrected chi connectivity index (χ4v) is 4.30. The molecular formula is C21H19BrN6O2. The van der Waals surface area contributed by atoms with Gasteiger partial charge < -0.3 is 14.2 Å². The van der Waals surface area contributed by atoms with Gasteiger partial charge in [-0.25, -0.2) is 15.0 Å². The number of imidazole rings is 1. The van der Waals surface area contributed by atoms with Crippen molar-refractivity contribution in [2.75, 3.05) is 11.9 Å². The van der Waals surface area contributed by atoms with Crippen LogP contribution < -0.4 is 4.90 Å². The van der Waals surface area contributed by atoms with E-state index in [4.69, 9.17) is 4.74 Å². The second-order valence-electron chi connectivity index (χ2n) is 7.27. The topological polar surface area (TPSA) is 79.7 Å². The van der Waals surface area contributed by atoms with Crippen molar-refractivity contribution in [1.29, 1.82) is 0 Å². The standard InChI is InChI=1S/C21H19BrN6O2/c1-4-5-10-27-16-17(25-21(27)22)26(3)19-20(30-19)28(18(16)29)11-15-23-12(2)13-8-6-7-9-14(13)24-15/h6-9,19-20H,10-11H2,1-3H3. The molecule has 0 bridgehead atoms. The third-order valence-corrected chi connectivity index (χ3v) is 6.01. The molecule has 30 heavy (non-hydrogen) atoms. The number of anilines is 1. The third-order valence-electron chi connectivity index (χ3n) is 5.40. The summed E-state index contributed by atoms with van der Waals surface area (Å²) in [5, 5.41) is 1.01. The Kier molecular flexibility index (Phi) is 4.49. The molecule has 4 heterocycles. The molecular weight excluding hydrogens is 448 g/mol. The van der Waals surface area contributed by atoms with Gasteiger partial charge in [0.15, 0.2) is 28.7 Å². The van der Waals surface area contributed by atoms with E-state index in [1.165, 1.54) is 0 Å². The number of aryl methyl sites for hydroxylation is 1. The summed E-state index contributed by atoms with van der Waals surface area (Å²) >= 11 is 3.47. The molecule has 0 N–H and O–H groups in total. The Hall–Kier alpha value is -2.96. The van der Waals surface area contributed by atoms with Crippen molar-refractivity contribution in [3.63, 3.8) is 0 Å². The summed E-state index contributed by atoms with van der Waals surface area (Å²) < 4.78 is 8.16. The largest absolute Gasteiger partial charge is 0.328 e. The van der Waals surface area contributed by atoms with Crippen molar-refractivity contribution < 1.29 is 9.53 Å². The zero-order valence-corrected chi connectivity index (χ0v) is 18.3. The summed E-state index contributed by atoms with van der Waals surface area (Å²) in [5.74, 6) is 6.87. The van der Waals surface area contributed by atoms with Crippen LogP contribution >= 0.6 is 15.9 Å². The Bertz CT molecular complexity index is 1240. The predicted octanol–water partition coefficient (Wildman–Crippen LogP) is 2.70. The number of hydrogen-bond donors (Lipinski definition) is 0. The number of nitrogens with zero attached hydrogens (tertiary/aromatic N) is 6. The van der Waals surface area contributed by atoms with Gasteiger partial charge in [-0.05, 0) is 35.8 Å². The molecule has 0 saturated carbocycles. The van der Waals surface area contributed by atoms with Crippen molar-refractivity contribution in [2.24, 2.45) is 0 Å². The monoisotopic (exact) mass is 466 g/mol. The summed E-state index contributed by atoms with van der Waals surface area (Å²) in [5.41, 5.74) is 2.23. The summed E-state index contributed by atoms with van der Waals surface area (Å²) in [7, 11) is 1.88. The van der Waals surface area contributed by atoms with Gasteiger partial charge in [-0.15, -0.1) is 5.92 Å². The van der Waals surface area contributed by atoms with Gasteiger partial charge >= 0.3 is 0 Å². The normalized spacial score (nSPS) is 19.8. The number of fused-ring (bicyclic) bond motifs is 3. The maximum atomic E-state index is 13.6. The molecule has 1 aromatic carbocycles. The van der Waals surface area contributed by atoms with Crippen LogP contribution in [0, 0.1) is 18.8 Å². The minimum atomic E-state index is -0.364. The van der Waals surface area contributed by atoms with Crippen molar-refractivity contribution in [3.05, 3.63) is 46.2 Å². The molecule has 3 aromatic rings. The average molecular weight is 467 g/mol. The quantitative estimate of drug-likeness (QED) is 0.436. The van der Waals surface area contributed by atoms with Gasteiger partial charge in [-0.2, -0.15) is 0 Å². The highest BCUT2D eigenvalue weighted by molar-refractivity contribution is 9.10. The molecule has 5 rings (SSSR count). The summed E-state index contributed by atoms with van der Waals surface area (Å²) in [6, 6.07) is 7.87. The van der Waals surface area contributed by atoms with Crippen molar-refractivity contribution in [2.45, 2.75) is 39.4 Å². The van der Waals surface area contributed by atoms with E-state index in [1.54, 1.807) is 16.4 Å². The number of carbonyl (C=O) groups excluding carboxylic acids is 1. The zero-order chi connectivity index (χ0) is 21.0. The number of amides is 1. The SMILES string of the molecule is CC#CCn1c(Br)nc2c1C(=O)N(Cc1nc(C)c3ccccc3n1)C1OC1N2C. The van der Waals surface area contributed by atoms with E-state index < -0.39 is 0 Å². The molecule has 0 spiro atoms. The van der Waals surface area contributed by atoms with Gasteiger partial charge in [-0.3, -0.25) is 9.69 Å². The molecule has 2 unspecified atom stereocenters. The van der Waals surface area contributed by atoms with Crippen LogP contribution in [-0.4, -0.2) is 49.8 Å². The summed E-state index contributed by atoms with van der Waals surface area (Å²) in [4.78, 5) is 31.0. The van der Waals surface area contributed by atoms with E-state index in [1.807, 2.05) is 43.1 Å². The molecule has 2 atom stereocenters. The second kappa shape index (κ2) is 7.07. The fourth-order valence-electron chi connectivity index (χ4n) is 3.83. The number of ether oxygens (including phenoxy) is 1. The van der Waals surface area contributed by atoms with Crippen molar-refractivity contribution in [3.8, 4) is 11.8 Å². The van der Waals surface area contributed by atoms with Crippen molar-refractivity contribution >= 4 is 38.6 Å². The first kappa shape index (κ1) is 19.0. The number of hydrogen-bond acceptors (Lipinski definition) is 6. The number of rotatable bonds is 3. The molecule has 8 nitrogen and oxygen atoms in total.